The van der Waals surface area contributed by atoms with Gasteiger partial charge in [0.15, 0.2) is 5.78 Å². The third-order valence-electron chi connectivity index (χ3n) is 2.47. The summed E-state index contributed by atoms with van der Waals surface area (Å²) in [6.07, 6.45) is -2.36. The first kappa shape index (κ1) is 5.22. The van der Waals surface area contributed by atoms with Gasteiger partial charge in [-0.05, 0) is 31.7 Å². The summed E-state index contributed by atoms with van der Waals surface area (Å²) < 4.78 is 69.6. The van der Waals surface area contributed by atoms with Gasteiger partial charge in [-0.2, -0.15) is 0 Å². The number of fused-ring (bicyclic) bond motifs is 1. The van der Waals surface area contributed by atoms with Crippen molar-refractivity contribution in [2.45, 2.75) is 45.5 Å². The van der Waals surface area contributed by atoms with Crippen LogP contribution in [0.5, 0.6) is 0 Å². The van der Waals surface area contributed by atoms with Crippen LogP contribution in [0.1, 0.15) is 44.9 Å². The molecule has 17 heavy (non-hydrogen) atoms. The van der Waals surface area contributed by atoms with Crippen LogP contribution in [0.2, 0.25) is 5.28 Å². The number of ketones is 1. The first-order valence-corrected chi connectivity index (χ1v) is 5.23. The molecule has 1 aromatic heterocycles. The maximum Gasteiger partial charge on any atom is 0.224 e. The van der Waals surface area contributed by atoms with E-state index in [9.17, 15) is 4.79 Å². The number of carbonyl (C=O) groups is 1. The Balaban J connectivity index is 2.80. The smallest absolute Gasteiger partial charge is 0.224 e. The van der Waals surface area contributed by atoms with Gasteiger partial charge in [0.2, 0.25) is 5.28 Å². The molecule has 0 radical (unpaired) electrons. The third kappa shape index (κ3) is 2.14. The van der Waals surface area contributed by atoms with E-state index in [4.69, 9.17) is 23.9 Å². The van der Waals surface area contributed by atoms with Crippen LogP contribution in [0.25, 0.3) is 0 Å². The Morgan fingerprint density at radius 1 is 1.88 bits per heavy atom. The van der Waals surface area contributed by atoms with Crippen molar-refractivity contribution in [2.24, 2.45) is 0 Å². The highest BCUT2D eigenvalue weighted by Gasteiger charge is 2.34. The van der Waals surface area contributed by atoms with Crippen LogP contribution >= 0.6 is 11.6 Å². The van der Waals surface area contributed by atoms with E-state index in [2.05, 4.69) is 9.97 Å². The number of aromatic nitrogens is 2. The maximum atomic E-state index is 12.6. The number of rotatable bonds is 2. The summed E-state index contributed by atoms with van der Waals surface area (Å²) in [7, 11) is 0. The number of hydrogen-bond donors (Lipinski definition) is 0. The molecule has 2 atom stereocenters. The first-order chi connectivity index (χ1) is 11.5. The van der Waals surface area contributed by atoms with Crippen molar-refractivity contribution in [3.8, 4) is 0 Å². The van der Waals surface area contributed by atoms with Crippen molar-refractivity contribution in [2.75, 3.05) is 4.90 Å². The molecular formula is C12H16ClN3O. The van der Waals surface area contributed by atoms with Crippen LogP contribution in [-0.4, -0.2) is 27.8 Å². The molecule has 2 heterocycles. The Morgan fingerprint density at radius 2 is 2.71 bits per heavy atom. The number of nitrogens with zero attached hydrogens (tertiary/aromatic N) is 3. The highest BCUT2D eigenvalue weighted by Crippen LogP contribution is 2.30. The lowest BCUT2D eigenvalue weighted by molar-refractivity contribution is -0.120. The maximum absolute atomic E-state index is 12.6. The molecule has 0 saturated heterocycles. The lowest BCUT2D eigenvalue weighted by Gasteiger charge is -2.39. The lowest BCUT2D eigenvalue weighted by atomic mass is 9.95. The molecule has 0 amide bonds. The van der Waals surface area contributed by atoms with Crippen LogP contribution < -0.4 is 4.90 Å². The zero-order chi connectivity index (χ0) is 20.3. The van der Waals surface area contributed by atoms with Gasteiger partial charge in [-0.15, -0.1) is 0 Å². The van der Waals surface area contributed by atoms with E-state index in [-0.39, 0.29) is 16.7 Å². The minimum Gasteiger partial charge on any atom is -0.344 e. The Hall–Kier alpha value is -1.16. The summed E-state index contributed by atoms with van der Waals surface area (Å²) in [6.45, 7) is -5.31. The molecule has 5 heteroatoms. The SMILES string of the molecule is [2H]C([2H])([2H])C([2H])([2H])C1C(=O)Cc2cnc(Cl)nc2N1C([2H])(C)C([2H])([2H])[2H]. The largest absolute Gasteiger partial charge is 0.344 e. The summed E-state index contributed by atoms with van der Waals surface area (Å²) in [6, 6.07) is -4.62. The second kappa shape index (κ2) is 4.61. The van der Waals surface area contributed by atoms with Gasteiger partial charge in [0, 0.05) is 35.2 Å². The van der Waals surface area contributed by atoms with Gasteiger partial charge in [0.1, 0.15) is 5.82 Å². The Morgan fingerprint density at radius 3 is 3.41 bits per heavy atom. The zero-order valence-electron chi connectivity index (χ0n) is 18.0. The van der Waals surface area contributed by atoms with E-state index < -0.39 is 44.3 Å². The topological polar surface area (TPSA) is 46.1 Å². The molecule has 1 aliphatic heterocycles. The minimum atomic E-state index is -3.25. The molecule has 0 saturated carbocycles. The van der Waals surface area contributed by atoms with Crippen LogP contribution in [0, 0.1) is 0 Å². The van der Waals surface area contributed by atoms with Gasteiger partial charge in [0.25, 0.3) is 0 Å². The predicted molar refractivity (Wildman–Crippen MR) is 67.4 cm³/mol. The highest BCUT2D eigenvalue weighted by atomic mass is 35.5. The Bertz CT molecular complexity index is 732. The fourth-order valence-corrected chi connectivity index (χ4v) is 1.89. The summed E-state index contributed by atoms with van der Waals surface area (Å²) in [4.78, 5) is 20.8. The predicted octanol–water partition coefficient (Wildman–Crippen LogP) is 2.25. The monoisotopic (exact) mass is 262 g/mol. The van der Waals surface area contributed by atoms with E-state index in [0.29, 0.717) is 4.90 Å². The van der Waals surface area contributed by atoms with Crippen molar-refractivity contribution >= 4 is 23.2 Å². The van der Waals surface area contributed by atoms with E-state index in [0.717, 1.165) is 6.92 Å². The lowest BCUT2D eigenvalue weighted by Crippen LogP contribution is -2.49. The second-order valence-electron chi connectivity index (χ2n) is 3.63. The molecule has 0 N–H and O–H groups in total. The van der Waals surface area contributed by atoms with Gasteiger partial charge >= 0.3 is 0 Å². The molecule has 92 valence electrons. The van der Waals surface area contributed by atoms with Gasteiger partial charge in [-0.3, -0.25) is 4.79 Å². The quantitative estimate of drug-likeness (QED) is 0.767. The number of halogens is 1. The highest BCUT2D eigenvalue weighted by molar-refractivity contribution is 6.28. The molecule has 0 spiro atoms. The Labute approximate surface area is 119 Å². The summed E-state index contributed by atoms with van der Waals surface area (Å²) in [5.74, 6) is -1.12. The first-order valence-electron chi connectivity index (χ1n) is 9.35. The fraction of sp³-hybridized carbons (Fsp3) is 0.583. The minimum absolute atomic E-state index is 0.139. The molecule has 1 aliphatic rings. The molecule has 0 aromatic carbocycles. The molecule has 0 fully saturated rings. The van der Waals surface area contributed by atoms with Gasteiger partial charge in [-0.25, -0.2) is 9.97 Å². The molecule has 4 nitrogen and oxygen atoms in total. The van der Waals surface area contributed by atoms with Gasteiger partial charge < -0.3 is 4.90 Å². The van der Waals surface area contributed by atoms with E-state index >= 15 is 0 Å². The zero-order valence-corrected chi connectivity index (χ0v) is 9.75. The third-order valence-corrected chi connectivity index (χ3v) is 2.65. The van der Waals surface area contributed by atoms with Gasteiger partial charge in [-0.1, -0.05) is 6.85 Å². The van der Waals surface area contributed by atoms with Crippen LogP contribution in [0.4, 0.5) is 5.82 Å². The number of Topliss-reactive ketones (excluding diaryl/α,β-unsaturated/α-hetero) is 1. The van der Waals surface area contributed by atoms with Crippen molar-refractivity contribution in [1.29, 1.82) is 0 Å². The number of hydrogen-bond acceptors (Lipinski definition) is 4. The summed E-state index contributed by atoms with van der Waals surface area (Å²) >= 11 is 5.75. The average Bonchev–Trinajstić information content (AvgIpc) is 2.43. The van der Waals surface area contributed by atoms with Crippen molar-refractivity contribution in [3.05, 3.63) is 17.0 Å². The second-order valence-corrected chi connectivity index (χ2v) is 3.97. The Kier molecular flexibility index (Phi) is 1.42. The number of anilines is 1. The van der Waals surface area contributed by atoms with Crippen LogP contribution in [0.15, 0.2) is 6.20 Å². The van der Waals surface area contributed by atoms with Crippen LogP contribution in [0.3, 0.4) is 0 Å². The molecule has 1 aromatic rings. The van der Waals surface area contributed by atoms with Crippen molar-refractivity contribution in [3.63, 3.8) is 0 Å². The summed E-state index contributed by atoms with van der Waals surface area (Å²) in [5, 5.41) is -0.308. The molecule has 0 bridgehead atoms. The standard InChI is InChI=1S/C12H16ClN3O/c1-4-9-10(17)5-8-6-14-12(13)15-11(8)16(9)7(2)3/h6-7,9H,4-5H2,1-3H3/i1D3,2D3,4D2,7D. The molecule has 0 aliphatic carbocycles. The van der Waals surface area contributed by atoms with Gasteiger partial charge in [0.05, 0.1) is 7.41 Å². The molecule has 2 unspecified atom stereocenters. The fourth-order valence-electron chi connectivity index (χ4n) is 1.76. The van der Waals surface area contributed by atoms with Crippen molar-refractivity contribution in [1.82, 2.24) is 9.97 Å². The molecule has 2 rings (SSSR count). The van der Waals surface area contributed by atoms with Crippen molar-refractivity contribution < 1.29 is 17.1 Å². The molecular weight excluding hydrogens is 238 g/mol. The van der Waals surface area contributed by atoms with E-state index in [1.807, 2.05) is 0 Å². The average molecular weight is 263 g/mol. The van der Waals surface area contributed by atoms with Crippen LogP contribution in [-0.2, 0) is 11.2 Å². The number of carbonyl (C=O) groups excluding carboxylic acids is 1. The van der Waals surface area contributed by atoms with E-state index in [1.165, 1.54) is 6.20 Å². The van der Waals surface area contributed by atoms with E-state index in [1.54, 1.807) is 0 Å². The summed E-state index contributed by atoms with van der Waals surface area (Å²) in [5.41, 5.74) is 0.139. The normalized spacial score (nSPS) is 33.3.